The Morgan fingerprint density at radius 3 is 3.06 bits per heavy atom. The van der Waals surface area contributed by atoms with Crippen LogP contribution in [-0.4, -0.2) is 23.5 Å². The van der Waals surface area contributed by atoms with Crippen molar-refractivity contribution in [1.82, 2.24) is 9.88 Å². The van der Waals surface area contributed by atoms with Gasteiger partial charge in [0.2, 0.25) is 0 Å². The fraction of sp³-hybridized carbons (Fsp3) is 0.357. The second-order valence-corrected chi connectivity index (χ2v) is 5.17. The Bertz CT molecular complexity index is 640. The van der Waals surface area contributed by atoms with Crippen LogP contribution in [0.1, 0.15) is 11.1 Å². The smallest absolute Gasteiger partial charge is 0.101 e. The first-order chi connectivity index (χ1) is 8.66. The Kier molecular flexibility index (Phi) is 2.78. The number of halogens is 1. The SMILES string of the molecule is Cc1c(CC2=NCCN2)cc(Cl)c2c1ccn2C. The minimum atomic E-state index is 0.816. The van der Waals surface area contributed by atoms with E-state index in [2.05, 4.69) is 40.1 Å². The van der Waals surface area contributed by atoms with Gasteiger partial charge in [0.05, 0.1) is 17.1 Å². The molecule has 0 fully saturated rings. The molecule has 2 aromatic rings. The van der Waals surface area contributed by atoms with Gasteiger partial charge in [-0.15, -0.1) is 0 Å². The molecule has 0 radical (unpaired) electrons. The number of hydrogen-bond donors (Lipinski definition) is 1. The highest BCUT2D eigenvalue weighted by Crippen LogP contribution is 2.30. The second kappa shape index (κ2) is 4.32. The summed E-state index contributed by atoms with van der Waals surface area (Å²) in [7, 11) is 2.02. The first-order valence-corrected chi connectivity index (χ1v) is 6.55. The van der Waals surface area contributed by atoms with Crippen molar-refractivity contribution in [2.45, 2.75) is 13.3 Å². The lowest BCUT2D eigenvalue weighted by Crippen LogP contribution is -2.20. The van der Waals surface area contributed by atoms with E-state index in [1.54, 1.807) is 0 Å². The van der Waals surface area contributed by atoms with Crippen molar-refractivity contribution < 1.29 is 0 Å². The molecule has 0 bridgehead atoms. The molecule has 1 aliphatic rings. The number of hydrogen-bond acceptors (Lipinski definition) is 2. The lowest BCUT2D eigenvalue weighted by Gasteiger charge is -2.10. The number of aryl methyl sites for hydroxylation is 2. The topological polar surface area (TPSA) is 29.3 Å². The quantitative estimate of drug-likeness (QED) is 0.885. The number of nitrogens with zero attached hydrogens (tertiary/aromatic N) is 2. The van der Waals surface area contributed by atoms with Crippen molar-refractivity contribution in [3.05, 3.63) is 34.5 Å². The zero-order valence-electron chi connectivity index (χ0n) is 10.6. The number of aliphatic imine (C=N–C) groups is 1. The Morgan fingerprint density at radius 1 is 1.50 bits per heavy atom. The van der Waals surface area contributed by atoms with Crippen molar-refractivity contribution in [3.63, 3.8) is 0 Å². The molecule has 0 saturated heterocycles. The van der Waals surface area contributed by atoms with E-state index >= 15 is 0 Å². The third-order valence-electron chi connectivity index (χ3n) is 3.59. The minimum absolute atomic E-state index is 0.816. The molecule has 0 spiro atoms. The molecule has 1 aromatic carbocycles. The summed E-state index contributed by atoms with van der Waals surface area (Å²) in [5.74, 6) is 1.07. The lowest BCUT2D eigenvalue weighted by atomic mass is 10.0. The summed E-state index contributed by atoms with van der Waals surface area (Å²) in [4.78, 5) is 4.44. The average molecular weight is 262 g/mol. The summed E-state index contributed by atoms with van der Waals surface area (Å²) in [6, 6.07) is 4.20. The van der Waals surface area contributed by atoms with E-state index in [-0.39, 0.29) is 0 Å². The van der Waals surface area contributed by atoms with Gasteiger partial charge in [0.25, 0.3) is 0 Å². The third kappa shape index (κ3) is 1.79. The summed E-state index contributed by atoms with van der Waals surface area (Å²) >= 11 is 6.39. The van der Waals surface area contributed by atoms with Crippen LogP contribution in [0.4, 0.5) is 0 Å². The summed E-state index contributed by atoms with van der Waals surface area (Å²) in [5, 5.41) is 5.36. The second-order valence-electron chi connectivity index (χ2n) is 4.76. The van der Waals surface area contributed by atoms with E-state index in [1.807, 2.05) is 7.05 Å². The Labute approximate surface area is 111 Å². The maximum atomic E-state index is 6.39. The lowest BCUT2D eigenvalue weighted by molar-refractivity contribution is 0.952. The number of amidine groups is 1. The summed E-state index contributed by atoms with van der Waals surface area (Å²) in [5.41, 5.74) is 3.66. The monoisotopic (exact) mass is 261 g/mol. The van der Waals surface area contributed by atoms with Crippen molar-refractivity contribution in [2.75, 3.05) is 13.1 Å². The molecule has 1 aromatic heterocycles. The molecule has 0 unspecified atom stereocenters. The van der Waals surface area contributed by atoms with Gasteiger partial charge in [0, 0.05) is 31.6 Å². The van der Waals surface area contributed by atoms with Crippen LogP contribution in [-0.2, 0) is 13.5 Å². The molecule has 94 valence electrons. The fourth-order valence-electron chi connectivity index (χ4n) is 2.56. The van der Waals surface area contributed by atoms with Crippen LogP contribution in [0.15, 0.2) is 23.3 Å². The van der Waals surface area contributed by atoms with Gasteiger partial charge in [-0.05, 0) is 30.2 Å². The number of rotatable bonds is 2. The molecule has 3 nitrogen and oxygen atoms in total. The Morgan fingerprint density at radius 2 is 2.33 bits per heavy atom. The highest BCUT2D eigenvalue weighted by Gasteiger charge is 2.13. The van der Waals surface area contributed by atoms with Gasteiger partial charge in [-0.1, -0.05) is 11.6 Å². The van der Waals surface area contributed by atoms with Gasteiger partial charge in [-0.25, -0.2) is 0 Å². The van der Waals surface area contributed by atoms with Crippen LogP contribution in [0.25, 0.3) is 10.9 Å². The molecule has 1 N–H and O–H groups in total. The van der Waals surface area contributed by atoms with E-state index in [0.29, 0.717) is 0 Å². The van der Waals surface area contributed by atoms with Crippen molar-refractivity contribution in [1.29, 1.82) is 0 Å². The van der Waals surface area contributed by atoms with E-state index in [9.17, 15) is 0 Å². The summed E-state index contributed by atoms with van der Waals surface area (Å²) in [6.07, 6.45) is 2.90. The van der Waals surface area contributed by atoms with Crippen molar-refractivity contribution >= 4 is 28.3 Å². The van der Waals surface area contributed by atoms with E-state index in [4.69, 9.17) is 11.6 Å². The normalized spacial score (nSPS) is 14.9. The van der Waals surface area contributed by atoms with Crippen LogP contribution in [0.2, 0.25) is 5.02 Å². The summed E-state index contributed by atoms with van der Waals surface area (Å²) in [6.45, 7) is 3.99. The number of fused-ring (bicyclic) bond motifs is 1. The zero-order valence-corrected chi connectivity index (χ0v) is 11.4. The van der Waals surface area contributed by atoms with Crippen LogP contribution in [0, 0.1) is 6.92 Å². The molecule has 18 heavy (non-hydrogen) atoms. The molecule has 0 saturated carbocycles. The predicted molar refractivity (Wildman–Crippen MR) is 76.7 cm³/mol. The maximum absolute atomic E-state index is 6.39. The molecule has 4 heteroatoms. The largest absolute Gasteiger partial charge is 0.372 e. The Hall–Kier alpha value is -1.48. The molecule has 0 atom stereocenters. The van der Waals surface area contributed by atoms with Gasteiger partial charge < -0.3 is 9.88 Å². The highest BCUT2D eigenvalue weighted by atomic mass is 35.5. The molecule has 2 heterocycles. The van der Waals surface area contributed by atoms with E-state index in [1.165, 1.54) is 16.5 Å². The van der Waals surface area contributed by atoms with Crippen molar-refractivity contribution in [2.24, 2.45) is 12.0 Å². The van der Waals surface area contributed by atoms with Gasteiger partial charge in [-0.3, -0.25) is 4.99 Å². The molecule has 3 rings (SSSR count). The minimum Gasteiger partial charge on any atom is -0.372 e. The molecule has 1 aliphatic heterocycles. The predicted octanol–water partition coefficient (Wildman–Crippen LogP) is 2.68. The van der Waals surface area contributed by atoms with Gasteiger partial charge in [-0.2, -0.15) is 0 Å². The average Bonchev–Trinajstić information content (AvgIpc) is 2.95. The zero-order chi connectivity index (χ0) is 12.7. The van der Waals surface area contributed by atoms with E-state index < -0.39 is 0 Å². The Balaban J connectivity index is 2.10. The molecular formula is C14H16ClN3. The number of nitrogens with one attached hydrogen (secondary N) is 1. The van der Waals surface area contributed by atoms with Gasteiger partial charge in [0.1, 0.15) is 5.84 Å². The van der Waals surface area contributed by atoms with Crippen LogP contribution >= 0.6 is 11.6 Å². The maximum Gasteiger partial charge on any atom is 0.101 e. The number of benzene rings is 1. The molecule has 0 aliphatic carbocycles. The molecule has 0 amide bonds. The van der Waals surface area contributed by atoms with E-state index in [0.717, 1.165) is 35.9 Å². The van der Waals surface area contributed by atoms with Crippen molar-refractivity contribution in [3.8, 4) is 0 Å². The van der Waals surface area contributed by atoms with Gasteiger partial charge >= 0.3 is 0 Å². The highest BCUT2D eigenvalue weighted by molar-refractivity contribution is 6.35. The van der Waals surface area contributed by atoms with Crippen LogP contribution in [0.5, 0.6) is 0 Å². The third-order valence-corrected chi connectivity index (χ3v) is 3.88. The first-order valence-electron chi connectivity index (χ1n) is 6.17. The van der Waals surface area contributed by atoms with Crippen LogP contribution in [0.3, 0.4) is 0 Å². The van der Waals surface area contributed by atoms with Gasteiger partial charge in [0.15, 0.2) is 0 Å². The molecular weight excluding hydrogens is 246 g/mol. The summed E-state index contributed by atoms with van der Waals surface area (Å²) < 4.78 is 2.07. The first kappa shape index (κ1) is 11.6. The van der Waals surface area contributed by atoms with Crippen LogP contribution < -0.4 is 5.32 Å². The number of aromatic nitrogens is 1. The fourth-order valence-corrected chi connectivity index (χ4v) is 2.93. The standard InChI is InChI=1S/C14H16ClN3/c1-9-10(8-13-16-4-5-17-13)7-12(15)14-11(9)3-6-18(14)2/h3,6-7H,4-5,8H2,1-2H3,(H,16,17).